The molecule has 33 heavy (non-hydrogen) atoms. The number of benzene rings is 2. The number of pyridine rings is 1. The molecule has 0 radical (unpaired) electrons. The smallest absolute Gasteiger partial charge is 0.406 e. The number of halogens is 3. The topological polar surface area (TPSA) is 133 Å². The molecule has 2 heterocycles. The molecule has 4 N–H and O–H groups in total. The highest BCUT2D eigenvalue weighted by Crippen LogP contribution is 2.25. The number of hydrogen-bond acceptors (Lipinski definition) is 6. The van der Waals surface area contributed by atoms with Crippen molar-refractivity contribution in [3.63, 3.8) is 0 Å². The number of amides is 3. The molecule has 0 spiro atoms. The van der Waals surface area contributed by atoms with Crippen molar-refractivity contribution < 1.29 is 32.3 Å². The lowest BCUT2D eigenvalue weighted by atomic mass is 10.1. The molecule has 0 fully saturated rings. The van der Waals surface area contributed by atoms with E-state index in [9.17, 15) is 32.3 Å². The molecule has 1 aromatic heterocycles. The lowest BCUT2D eigenvalue weighted by Gasteiger charge is -2.13. The first-order valence-electron chi connectivity index (χ1n) is 9.22. The van der Waals surface area contributed by atoms with Crippen LogP contribution in [0.15, 0.2) is 59.4 Å². The summed E-state index contributed by atoms with van der Waals surface area (Å²) < 4.78 is 41.5. The van der Waals surface area contributed by atoms with Crippen molar-refractivity contribution in [3.8, 4) is 11.4 Å². The summed E-state index contributed by atoms with van der Waals surface area (Å²) >= 11 is 0. The average molecular weight is 458 g/mol. The molecular weight excluding hydrogens is 445 g/mol. The molecule has 0 unspecified atom stereocenters. The van der Waals surface area contributed by atoms with Gasteiger partial charge in [-0.2, -0.15) is 0 Å². The predicted molar refractivity (Wildman–Crippen MR) is 109 cm³/mol. The van der Waals surface area contributed by atoms with Crippen molar-refractivity contribution in [2.24, 2.45) is 0 Å². The van der Waals surface area contributed by atoms with Gasteiger partial charge in [0.2, 0.25) is 0 Å². The Kier molecular flexibility index (Phi) is 5.12. The summed E-state index contributed by atoms with van der Waals surface area (Å²) in [6.45, 7) is 0. The molecule has 0 saturated heterocycles. The molecule has 0 atom stereocenters. The second kappa shape index (κ2) is 7.82. The van der Waals surface area contributed by atoms with E-state index in [0.717, 1.165) is 22.8 Å². The van der Waals surface area contributed by atoms with Crippen molar-refractivity contribution in [1.82, 2.24) is 9.88 Å². The summed E-state index contributed by atoms with van der Waals surface area (Å²) in [5.74, 6) is -2.81. The van der Waals surface area contributed by atoms with Gasteiger partial charge in [0.25, 0.3) is 23.3 Å². The van der Waals surface area contributed by atoms with Crippen LogP contribution in [0.5, 0.6) is 5.75 Å². The van der Waals surface area contributed by atoms with E-state index in [2.05, 4.69) is 15.4 Å². The Morgan fingerprint density at radius 2 is 1.70 bits per heavy atom. The highest BCUT2D eigenvalue weighted by molar-refractivity contribution is 6.23. The fourth-order valence-corrected chi connectivity index (χ4v) is 3.28. The standard InChI is InChI=1S/C21H13F3N4O5/c22-21(23,24)33-13-6-4-11(5-7-13)26-18(30)10-2-1-3-12(8-10)28-15(29)9-14-16(17(28)25)20(32)27-19(14)31/h1-9H,25H2,(H,26,30)(H,27,31,32). The van der Waals surface area contributed by atoms with Crippen LogP contribution < -0.4 is 26.7 Å². The number of alkyl halides is 3. The SMILES string of the molecule is Nc1c2c(cc(=O)n1-c1cccc(C(=O)Nc3ccc(OC(F)(F)F)cc3)c1)C(=O)NC2=O. The van der Waals surface area contributed by atoms with E-state index in [4.69, 9.17) is 5.73 Å². The molecule has 1 aliphatic rings. The number of nitrogen functional groups attached to an aromatic ring is 1. The van der Waals surface area contributed by atoms with Crippen LogP contribution in [0, 0.1) is 0 Å². The third kappa shape index (κ3) is 4.26. The summed E-state index contributed by atoms with van der Waals surface area (Å²) in [6.07, 6.45) is -4.84. The van der Waals surface area contributed by atoms with Gasteiger partial charge in [0.1, 0.15) is 11.6 Å². The molecule has 0 saturated carbocycles. The number of carbonyl (C=O) groups excluding carboxylic acids is 3. The predicted octanol–water partition coefficient (Wildman–Crippen LogP) is 2.45. The first-order valence-corrected chi connectivity index (χ1v) is 9.22. The Balaban J connectivity index is 1.61. The number of anilines is 2. The molecule has 0 aliphatic carbocycles. The van der Waals surface area contributed by atoms with Gasteiger partial charge in [0.15, 0.2) is 0 Å². The molecular formula is C21H13F3N4O5. The number of nitrogens with one attached hydrogen (secondary N) is 2. The maximum Gasteiger partial charge on any atom is 0.573 e. The molecule has 168 valence electrons. The van der Waals surface area contributed by atoms with Crippen molar-refractivity contribution in [2.75, 3.05) is 11.1 Å². The van der Waals surface area contributed by atoms with Crippen LogP contribution in [0.25, 0.3) is 5.69 Å². The second-order valence-corrected chi connectivity index (χ2v) is 6.85. The van der Waals surface area contributed by atoms with Crippen molar-refractivity contribution in [2.45, 2.75) is 6.36 Å². The third-order valence-electron chi connectivity index (χ3n) is 4.67. The zero-order valence-corrected chi connectivity index (χ0v) is 16.4. The van der Waals surface area contributed by atoms with E-state index >= 15 is 0 Å². The molecule has 12 heteroatoms. The van der Waals surface area contributed by atoms with Crippen LogP contribution in [0.3, 0.4) is 0 Å². The number of fused-ring (bicyclic) bond motifs is 1. The van der Waals surface area contributed by atoms with Crippen molar-refractivity contribution in [1.29, 1.82) is 0 Å². The van der Waals surface area contributed by atoms with Crippen molar-refractivity contribution >= 4 is 29.2 Å². The number of imide groups is 1. The summed E-state index contributed by atoms with van der Waals surface area (Å²) in [4.78, 5) is 49.0. The molecule has 0 bridgehead atoms. The highest BCUT2D eigenvalue weighted by Gasteiger charge is 2.32. The zero-order chi connectivity index (χ0) is 23.9. The van der Waals surface area contributed by atoms with Gasteiger partial charge in [-0.25, -0.2) is 0 Å². The van der Waals surface area contributed by atoms with Gasteiger partial charge in [0.05, 0.1) is 16.8 Å². The van der Waals surface area contributed by atoms with E-state index < -0.39 is 35.4 Å². The van der Waals surface area contributed by atoms with Gasteiger partial charge in [-0.3, -0.25) is 29.1 Å². The van der Waals surface area contributed by atoms with Crippen LogP contribution >= 0.6 is 0 Å². The lowest BCUT2D eigenvalue weighted by molar-refractivity contribution is -0.274. The molecule has 3 aromatic rings. The quantitative estimate of drug-likeness (QED) is 0.515. The summed E-state index contributed by atoms with van der Waals surface area (Å²) in [5.41, 5.74) is 5.47. The van der Waals surface area contributed by atoms with Crippen molar-refractivity contribution in [3.05, 3.63) is 81.6 Å². The van der Waals surface area contributed by atoms with Gasteiger partial charge < -0.3 is 15.8 Å². The van der Waals surface area contributed by atoms with Crippen LogP contribution in [0.1, 0.15) is 31.1 Å². The number of nitrogens with two attached hydrogens (primary N) is 1. The number of rotatable bonds is 4. The highest BCUT2D eigenvalue weighted by atomic mass is 19.4. The van der Waals surface area contributed by atoms with Crippen LogP contribution in [-0.4, -0.2) is 28.7 Å². The van der Waals surface area contributed by atoms with Gasteiger partial charge in [-0.1, -0.05) is 6.07 Å². The first-order chi connectivity index (χ1) is 15.5. The number of carbonyl (C=O) groups is 3. The normalized spacial score (nSPS) is 12.8. The Morgan fingerprint density at radius 1 is 1.00 bits per heavy atom. The van der Waals surface area contributed by atoms with E-state index in [1.54, 1.807) is 0 Å². The fraction of sp³-hybridized carbons (Fsp3) is 0.0476. The van der Waals surface area contributed by atoms with Gasteiger partial charge >= 0.3 is 6.36 Å². The van der Waals surface area contributed by atoms with Crippen LogP contribution in [0.2, 0.25) is 0 Å². The first kappa shape index (κ1) is 21.6. The second-order valence-electron chi connectivity index (χ2n) is 6.85. The van der Waals surface area contributed by atoms with E-state index in [0.29, 0.717) is 0 Å². The maximum atomic E-state index is 12.6. The minimum Gasteiger partial charge on any atom is -0.406 e. The van der Waals surface area contributed by atoms with E-state index in [1.807, 2.05) is 0 Å². The van der Waals surface area contributed by atoms with Gasteiger partial charge in [0, 0.05) is 17.3 Å². The zero-order valence-electron chi connectivity index (χ0n) is 16.4. The minimum absolute atomic E-state index is 0.0930. The van der Waals surface area contributed by atoms with Gasteiger partial charge in [-0.05, 0) is 42.5 Å². The Morgan fingerprint density at radius 3 is 2.36 bits per heavy atom. The molecule has 4 rings (SSSR count). The number of hydrogen-bond donors (Lipinski definition) is 3. The third-order valence-corrected chi connectivity index (χ3v) is 4.67. The molecule has 1 aliphatic heterocycles. The molecule has 2 aromatic carbocycles. The van der Waals surface area contributed by atoms with Crippen LogP contribution in [0.4, 0.5) is 24.7 Å². The summed E-state index contributed by atoms with van der Waals surface area (Å²) in [6, 6.07) is 11.2. The number of aromatic nitrogens is 1. The molecule has 3 amide bonds. The average Bonchev–Trinajstić information content (AvgIpc) is 3.02. The van der Waals surface area contributed by atoms with Crippen LogP contribution in [-0.2, 0) is 0 Å². The van der Waals surface area contributed by atoms with E-state index in [1.165, 1.54) is 36.4 Å². The lowest BCUT2D eigenvalue weighted by Crippen LogP contribution is -2.24. The Hall–Kier alpha value is -4.61. The monoisotopic (exact) mass is 458 g/mol. The molecule has 9 nitrogen and oxygen atoms in total. The fourth-order valence-electron chi connectivity index (χ4n) is 3.28. The summed E-state index contributed by atoms with van der Waals surface area (Å²) in [7, 11) is 0. The Labute approximate surface area is 182 Å². The largest absolute Gasteiger partial charge is 0.573 e. The maximum absolute atomic E-state index is 12.6. The number of ether oxygens (including phenoxy) is 1. The van der Waals surface area contributed by atoms with Gasteiger partial charge in [-0.15, -0.1) is 13.2 Å². The van der Waals surface area contributed by atoms with E-state index in [-0.39, 0.29) is 33.9 Å². The minimum atomic E-state index is -4.84. The Bertz CT molecular complexity index is 1360. The number of nitrogens with zero attached hydrogens (tertiary/aromatic N) is 1. The summed E-state index contributed by atoms with van der Waals surface area (Å²) in [5, 5.41) is 4.56.